The number of halogens is 1. The van der Waals surface area contributed by atoms with E-state index in [1.165, 1.54) is 6.20 Å². The van der Waals surface area contributed by atoms with Crippen LogP contribution in [0.2, 0.25) is 0 Å². The molecule has 16 heavy (non-hydrogen) atoms. The van der Waals surface area contributed by atoms with Gasteiger partial charge in [0.25, 0.3) is 5.91 Å². The molecule has 0 radical (unpaired) electrons. The topological polar surface area (TPSA) is 67.8 Å². The van der Waals surface area contributed by atoms with E-state index in [4.69, 9.17) is 0 Å². The largest absolute Gasteiger partial charge is 0.297 e. The summed E-state index contributed by atoms with van der Waals surface area (Å²) in [5.41, 5.74) is 0.474. The average molecular weight is 299 g/mol. The first-order valence-corrected chi connectivity index (χ1v) is 5.94. The Bertz CT molecular complexity index is 528. The summed E-state index contributed by atoms with van der Waals surface area (Å²) in [5, 5.41) is 3.14. The van der Waals surface area contributed by atoms with Crippen molar-refractivity contribution in [3.05, 3.63) is 34.3 Å². The van der Waals surface area contributed by atoms with Crippen LogP contribution in [0.15, 0.2) is 22.9 Å². The third-order valence-corrected chi connectivity index (χ3v) is 2.87. The van der Waals surface area contributed by atoms with Crippen LogP contribution in [0.4, 0.5) is 5.13 Å². The lowest BCUT2D eigenvalue weighted by Gasteiger charge is -2.00. The molecule has 2 aromatic rings. The van der Waals surface area contributed by atoms with Crippen LogP contribution in [0.5, 0.6) is 0 Å². The average Bonchev–Trinajstić information content (AvgIpc) is 2.64. The van der Waals surface area contributed by atoms with Gasteiger partial charge in [-0.2, -0.15) is 4.37 Å². The quantitative estimate of drug-likeness (QED) is 0.923. The minimum absolute atomic E-state index is 0.245. The summed E-state index contributed by atoms with van der Waals surface area (Å²) in [6.07, 6.45) is 3.11. The molecule has 2 aromatic heterocycles. The molecule has 0 aromatic carbocycles. The molecule has 0 aliphatic heterocycles. The monoisotopic (exact) mass is 298 g/mol. The summed E-state index contributed by atoms with van der Waals surface area (Å²) in [6.45, 7) is 1.77. The van der Waals surface area contributed by atoms with Gasteiger partial charge in [-0.25, -0.2) is 4.98 Å². The van der Waals surface area contributed by atoms with E-state index < -0.39 is 0 Å². The van der Waals surface area contributed by atoms with Crippen LogP contribution in [0, 0.1) is 6.92 Å². The van der Waals surface area contributed by atoms with Crippen LogP contribution in [-0.2, 0) is 0 Å². The maximum absolute atomic E-state index is 11.7. The Kier molecular flexibility index (Phi) is 3.25. The highest BCUT2D eigenvalue weighted by molar-refractivity contribution is 9.10. The maximum Gasteiger partial charge on any atom is 0.259 e. The van der Waals surface area contributed by atoms with Gasteiger partial charge in [0.15, 0.2) is 0 Å². The Morgan fingerprint density at radius 1 is 1.50 bits per heavy atom. The normalized spacial score (nSPS) is 10.1. The van der Waals surface area contributed by atoms with Gasteiger partial charge in [-0.3, -0.25) is 15.1 Å². The van der Waals surface area contributed by atoms with E-state index in [2.05, 4.69) is 35.6 Å². The zero-order chi connectivity index (χ0) is 11.5. The second-order valence-electron chi connectivity index (χ2n) is 2.99. The van der Waals surface area contributed by atoms with E-state index in [0.717, 1.165) is 16.0 Å². The van der Waals surface area contributed by atoms with Crippen LogP contribution >= 0.6 is 27.5 Å². The van der Waals surface area contributed by atoms with Gasteiger partial charge < -0.3 is 0 Å². The third-order valence-electron chi connectivity index (χ3n) is 1.72. The summed E-state index contributed by atoms with van der Waals surface area (Å²) in [7, 11) is 0. The molecule has 5 nitrogen and oxygen atoms in total. The Hall–Kier alpha value is -1.34. The highest BCUT2D eigenvalue weighted by Crippen LogP contribution is 2.14. The second-order valence-corrected chi connectivity index (χ2v) is 4.66. The zero-order valence-corrected chi connectivity index (χ0v) is 10.7. The Morgan fingerprint density at radius 3 is 2.94 bits per heavy atom. The number of hydrogen-bond acceptors (Lipinski definition) is 5. The number of carbonyl (C=O) groups excluding carboxylic acids is 1. The van der Waals surface area contributed by atoms with E-state index >= 15 is 0 Å². The van der Waals surface area contributed by atoms with Crippen molar-refractivity contribution < 1.29 is 4.79 Å². The van der Waals surface area contributed by atoms with E-state index in [1.54, 1.807) is 19.2 Å². The molecule has 7 heteroatoms. The number of nitrogens with one attached hydrogen (secondary N) is 1. The number of pyridine rings is 1. The Labute approximate surface area is 104 Å². The van der Waals surface area contributed by atoms with Crippen LogP contribution in [0.1, 0.15) is 16.2 Å². The van der Waals surface area contributed by atoms with Crippen molar-refractivity contribution in [2.75, 3.05) is 5.32 Å². The fourth-order valence-corrected chi connectivity index (χ4v) is 1.99. The van der Waals surface area contributed by atoms with Gasteiger partial charge in [-0.15, -0.1) is 0 Å². The molecule has 0 saturated carbocycles. The fraction of sp³-hybridized carbons (Fsp3) is 0.111. The highest BCUT2D eigenvalue weighted by atomic mass is 79.9. The summed E-state index contributed by atoms with van der Waals surface area (Å²) >= 11 is 4.40. The van der Waals surface area contributed by atoms with Gasteiger partial charge in [0.05, 0.1) is 5.56 Å². The number of aromatic nitrogens is 3. The molecule has 0 saturated heterocycles. The van der Waals surface area contributed by atoms with Crippen LogP contribution in [0.3, 0.4) is 0 Å². The van der Waals surface area contributed by atoms with Crippen molar-refractivity contribution >= 4 is 38.5 Å². The number of nitrogens with zero attached hydrogens (tertiary/aromatic N) is 3. The lowest BCUT2D eigenvalue weighted by atomic mass is 10.3. The molecule has 0 unspecified atom stereocenters. The molecule has 1 amide bonds. The van der Waals surface area contributed by atoms with E-state index in [9.17, 15) is 4.79 Å². The van der Waals surface area contributed by atoms with Crippen molar-refractivity contribution in [1.29, 1.82) is 0 Å². The van der Waals surface area contributed by atoms with Crippen LogP contribution in [-0.4, -0.2) is 20.2 Å². The van der Waals surface area contributed by atoms with E-state index in [-0.39, 0.29) is 5.91 Å². The SMILES string of the molecule is Cc1nsc(NC(=O)c2cncc(Br)c2)n1. The van der Waals surface area contributed by atoms with Gasteiger partial charge in [0.2, 0.25) is 5.13 Å². The van der Waals surface area contributed by atoms with E-state index in [1.807, 2.05) is 0 Å². The first kappa shape index (κ1) is 11.2. The minimum atomic E-state index is -0.245. The predicted molar refractivity (Wildman–Crippen MR) is 64.5 cm³/mol. The Morgan fingerprint density at radius 2 is 2.31 bits per heavy atom. The first-order chi connectivity index (χ1) is 7.65. The number of rotatable bonds is 2. The van der Waals surface area contributed by atoms with Crippen molar-refractivity contribution in [2.45, 2.75) is 6.92 Å². The molecular formula is C9H7BrN4OS. The number of amides is 1. The standard InChI is InChI=1S/C9H7BrN4OS/c1-5-12-9(16-14-5)13-8(15)6-2-7(10)4-11-3-6/h2-4H,1H3,(H,12,13,14,15). The molecule has 0 aliphatic rings. The van der Waals surface area contributed by atoms with Gasteiger partial charge in [0.1, 0.15) is 5.82 Å². The van der Waals surface area contributed by atoms with Crippen LogP contribution < -0.4 is 5.32 Å². The van der Waals surface area contributed by atoms with Crippen LogP contribution in [0.25, 0.3) is 0 Å². The number of anilines is 1. The summed E-state index contributed by atoms with van der Waals surface area (Å²) in [4.78, 5) is 19.7. The smallest absolute Gasteiger partial charge is 0.259 e. The van der Waals surface area contributed by atoms with Crippen molar-refractivity contribution in [3.63, 3.8) is 0 Å². The summed E-state index contributed by atoms with van der Waals surface area (Å²) in [5.74, 6) is 0.401. The van der Waals surface area contributed by atoms with Crippen molar-refractivity contribution in [3.8, 4) is 0 Å². The summed E-state index contributed by atoms with van der Waals surface area (Å²) in [6, 6.07) is 1.69. The zero-order valence-electron chi connectivity index (χ0n) is 8.27. The molecule has 1 N–H and O–H groups in total. The lowest BCUT2D eigenvalue weighted by molar-refractivity contribution is 0.102. The van der Waals surface area contributed by atoms with Gasteiger partial charge in [-0.05, 0) is 28.9 Å². The first-order valence-electron chi connectivity index (χ1n) is 4.37. The molecule has 0 atom stereocenters. The lowest BCUT2D eigenvalue weighted by Crippen LogP contribution is -2.11. The molecule has 0 bridgehead atoms. The number of aryl methyl sites for hydroxylation is 1. The molecule has 2 rings (SSSR count). The molecular weight excluding hydrogens is 292 g/mol. The predicted octanol–water partition coefficient (Wildman–Crippen LogP) is 2.26. The van der Waals surface area contributed by atoms with Gasteiger partial charge in [0, 0.05) is 28.4 Å². The second kappa shape index (κ2) is 4.67. The van der Waals surface area contributed by atoms with E-state index in [0.29, 0.717) is 16.5 Å². The maximum atomic E-state index is 11.7. The van der Waals surface area contributed by atoms with Gasteiger partial charge >= 0.3 is 0 Å². The molecule has 2 heterocycles. The molecule has 82 valence electrons. The number of carbonyl (C=O) groups is 1. The fourth-order valence-electron chi connectivity index (χ4n) is 1.05. The number of hydrogen-bond donors (Lipinski definition) is 1. The molecule has 0 spiro atoms. The Balaban J connectivity index is 2.14. The summed E-state index contributed by atoms with van der Waals surface area (Å²) < 4.78 is 4.73. The molecule has 0 aliphatic carbocycles. The third kappa shape index (κ3) is 2.61. The molecule has 0 fully saturated rings. The van der Waals surface area contributed by atoms with Gasteiger partial charge in [-0.1, -0.05) is 0 Å². The highest BCUT2D eigenvalue weighted by Gasteiger charge is 2.09. The van der Waals surface area contributed by atoms with Crippen molar-refractivity contribution in [2.24, 2.45) is 0 Å². The minimum Gasteiger partial charge on any atom is -0.297 e. The van der Waals surface area contributed by atoms with Crippen molar-refractivity contribution in [1.82, 2.24) is 14.3 Å².